The molecule has 0 bridgehead atoms. The fraction of sp³-hybridized carbons (Fsp3) is 1.00. The summed E-state index contributed by atoms with van der Waals surface area (Å²) in [6.45, 7) is 2.40. The molecule has 1 spiro atoms. The lowest BCUT2D eigenvalue weighted by Gasteiger charge is -2.35. The third-order valence-corrected chi connectivity index (χ3v) is 2.92. The van der Waals surface area contributed by atoms with E-state index in [1.54, 1.807) is 7.11 Å². The molecule has 0 aromatic rings. The summed E-state index contributed by atoms with van der Waals surface area (Å²) in [4.78, 5) is 2.31. The van der Waals surface area contributed by atoms with E-state index in [1.807, 2.05) is 0 Å². The van der Waals surface area contributed by atoms with E-state index >= 15 is 0 Å². The molecule has 2 aliphatic heterocycles. The van der Waals surface area contributed by atoms with Crippen molar-refractivity contribution in [3.05, 3.63) is 0 Å². The fourth-order valence-electron chi connectivity index (χ4n) is 1.90. The number of ether oxygens (including phenoxy) is 3. The minimum Gasteiger partial charge on any atom is -0.333 e. The monoisotopic (exact) mass is 187 g/mol. The molecule has 2 aliphatic rings. The number of piperidine rings is 1. The Balaban J connectivity index is 1.92. The second kappa shape index (κ2) is 3.53. The fourth-order valence-corrected chi connectivity index (χ4v) is 1.90. The topological polar surface area (TPSA) is 30.9 Å². The van der Waals surface area contributed by atoms with Gasteiger partial charge in [0.15, 0.2) is 0 Å². The van der Waals surface area contributed by atoms with E-state index in [1.165, 1.54) is 0 Å². The molecule has 0 amide bonds. The molecule has 2 saturated heterocycles. The van der Waals surface area contributed by atoms with Crippen molar-refractivity contribution in [3.8, 4) is 0 Å². The summed E-state index contributed by atoms with van der Waals surface area (Å²) < 4.78 is 16.1. The number of hydrogen-bond donors (Lipinski definition) is 0. The van der Waals surface area contributed by atoms with Gasteiger partial charge in [-0.05, 0) is 19.9 Å². The van der Waals surface area contributed by atoms with Gasteiger partial charge in [-0.15, -0.1) is 0 Å². The maximum absolute atomic E-state index is 5.72. The van der Waals surface area contributed by atoms with Crippen LogP contribution >= 0.6 is 0 Å². The highest BCUT2D eigenvalue weighted by atomic mass is 16.9. The molecule has 0 N–H and O–H groups in total. The molecule has 2 rings (SSSR count). The lowest BCUT2D eigenvalue weighted by molar-refractivity contribution is -0.240. The van der Waals surface area contributed by atoms with Crippen LogP contribution in [0.25, 0.3) is 0 Å². The normalized spacial score (nSPS) is 34.2. The van der Waals surface area contributed by atoms with Gasteiger partial charge < -0.3 is 19.1 Å². The van der Waals surface area contributed by atoms with Crippen molar-refractivity contribution < 1.29 is 14.2 Å². The molecule has 76 valence electrons. The van der Waals surface area contributed by atoms with Gasteiger partial charge in [0.25, 0.3) is 6.48 Å². The van der Waals surface area contributed by atoms with Crippen molar-refractivity contribution in [2.45, 2.75) is 24.9 Å². The van der Waals surface area contributed by atoms with Crippen LogP contribution in [0.3, 0.4) is 0 Å². The lowest BCUT2D eigenvalue weighted by Crippen LogP contribution is -2.44. The zero-order valence-corrected chi connectivity index (χ0v) is 8.28. The molecule has 0 saturated carbocycles. The zero-order valence-electron chi connectivity index (χ0n) is 8.28. The van der Waals surface area contributed by atoms with Crippen molar-refractivity contribution in [2.24, 2.45) is 0 Å². The molecule has 0 aromatic carbocycles. The van der Waals surface area contributed by atoms with Gasteiger partial charge in [-0.2, -0.15) is 0 Å². The van der Waals surface area contributed by atoms with Crippen LogP contribution in [0.15, 0.2) is 0 Å². The van der Waals surface area contributed by atoms with E-state index in [9.17, 15) is 0 Å². The van der Waals surface area contributed by atoms with Gasteiger partial charge in [0, 0.05) is 20.2 Å². The zero-order chi connectivity index (χ0) is 9.31. The Morgan fingerprint density at radius 1 is 1.38 bits per heavy atom. The number of rotatable bonds is 1. The van der Waals surface area contributed by atoms with Crippen LogP contribution in [0.2, 0.25) is 0 Å². The highest BCUT2D eigenvalue weighted by Crippen LogP contribution is 2.33. The Bertz CT molecular complexity index is 178. The van der Waals surface area contributed by atoms with E-state index in [0.29, 0.717) is 6.61 Å². The molecule has 2 fully saturated rings. The van der Waals surface area contributed by atoms with Crippen LogP contribution < -0.4 is 0 Å². The summed E-state index contributed by atoms with van der Waals surface area (Å²) in [6, 6.07) is 0. The van der Waals surface area contributed by atoms with Crippen LogP contribution in [0.4, 0.5) is 0 Å². The van der Waals surface area contributed by atoms with Crippen molar-refractivity contribution in [1.82, 2.24) is 4.90 Å². The van der Waals surface area contributed by atoms with Gasteiger partial charge in [0.1, 0.15) is 0 Å². The van der Waals surface area contributed by atoms with Crippen molar-refractivity contribution in [2.75, 3.05) is 33.9 Å². The first kappa shape index (κ1) is 9.40. The van der Waals surface area contributed by atoms with E-state index in [-0.39, 0.29) is 5.60 Å². The van der Waals surface area contributed by atoms with Crippen LogP contribution in [0.5, 0.6) is 0 Å². The Hall–Kier alpha value is -0.160. The Labute approximate surface area is 78.7 Å². The number of methoxy groups -OCH3 is 1. The highest BCUT2D eigenvalue weighted by molar-refractivity contribution is 4.89. The molecular weight excluding hydrogens is 170 g/mol. The Kier molecular flexibility index (Phi) is 2.55. The molecule has 1 unspecified atom stereocenters. The van der Waals surface area contributed by atoms with Gasteiger partial charge in [-0.1, -0.05) is 0 Å². The molecule has 2 heterocycles. The van der Waals surface area contributed by atoms with Gasteiger partial charge >= 0.3 is 0 Å². The molecule has 4 heteroatoms. The van der Waals surface area contributed by atoms with E-state index < -0.39 is 6.48 Å². The smallest absolute Gasteiger partial charge is 0.272 e. The van der Waals surface area contributed by atoms with Crippen molar-refractivity contribution in [1.29, 1.82) is 0 Å². The summed E-state index contributed by atoms with van der Waals surface area (Å²) in [6.07, 6.45) is 2.09. The Morgan fingerprint density at radius 2 is 2.08 bits per heavy atom. The number of likely N-dealkylation sites (tertiary alicyclic amines) is 1. The van der Waals surface area contributed by atoms with E-state index in [4.69, 9.17) is 14.2 Å². The number of nitrogens with zero attached hydrogens (tertiary/aromatic N) is 1. The van der Waals surface area contributed by atoms with Crippen molar-refractivity contribution >= 4 is 0 Å². The number of hydrogen-bond acceptors (Lipinski definition) is 4. The molecule has 13 heavy (non-hydrogen) atoms. The summed E-state index contributed by atoms with van der Waals surface area (Å²) in [7, 11) is 3.75. The average molecular weight is 187 g/mol. The predicted molar refractivity (Wildman–Crippen MR) is 47.3 cm³/mol. The summed E-state index contributed by atoms with van der Waals surface area (Å²) >= 11 is 0. The summed E-state index contributed by atoms with van der Waals surface area (Å²) in [5.74, 6) is 0. The second-order valence-electron chi connectivity index (χ2n) is 3.94. The van der Waals surface area contributed by atoms with Gasteiger partial charge in [0.05, 0.1) is 12.2 Å². The van der Waals surface area contributed by atoms with Gasteiger partial charge in [-0.25, -0.2) is 0 Å². The maximum Gasteiger partial charge on any atom is 0.272 e. The average Bonchev–Trinajstić information content (AvgIpc) is 2.55. The standard InChI is InChI=1S/C9H17NO3/c1-10-5-3-9(4-6-10)7-12-8(11-2)13-9/h8H,3-7H2,1-2H3. The van der Waals surface area contributed by atoms with Crippen LogP contribution in [-0.2, 0) is 14.2 Å². The molecule has 0 aliphatic carbocycles. The third kappa shape index (κ3) is 1.86. The molecule has 0 aromatic heterocycles. The minimum absolute atomic E-state index is 0.0623. The SMILES string of the molecule is COC1OCC2(CCN(C)CC2)O1. The van der Waals surface area contributed by atoms with Crippen LogP contribution in [0, 0.1) is 0 Å². The van der Waals surface area contributed by atoms with Crippen molar-refractivity contribution in [3.63, 3.8) is 0 Å². The van der Waals surface area contributed by atoms with Crippen LogP contribution in [0.1, 0.15) is 12.8 Å². The summed E-state index contributed by atoms with van der Waals surface area (Å²) in [5, 5.41) is 0. The Morgan fingerprint density at radius 3 is 2.62 bits per heavy atom. The minimum atomic E-state index is -0.441. The lowest BCUT2D eigenvalue weighted by atomic mass is 9.93. The molecule has 1 atom stereocenters. The first-order valence-corrected chi connectivity index (χ1v) is 4.75. The predicted octanol–water partition coefficient (Wildman–Crippen LogP) is 0.428. The summed E-state index contributed by atoms with van der Waals surface area (Å²) in [5.41, 5.74) is -0.0623. The first-order chi connectivity index (χ1) is 6.24. The van der Waals surface area contributed by atoms with E-state index in [0.717, 1.165) is 25.9 Å². The first-order valence-electron chi connectivity index (χ1n) is 4.75. The highest BCUT2D eigenvalue weighted by Gasteiger charge is 2.43. The van der Waals surface area contributed by atoms with Crippen LogP contribution in [-0.4, -0.2) is 50.8 Å². The van der Waals surface area contributed by atoms with Gasteiger partial charge in [0.2, 0.25) is 0 Å². The molecule has 4 nitrogen and oxygen atoms in total. The third-order valence-electron chi connectivity index (χ3n) is 2.92. The second-order valence-corrected chi connectivity index (χ2v) is 3.94. The van der Waals surface area contributed by atoms with Gasteiger partial charge in [-0.3, -0.25) is 0 Å². The maximum atomic E-state index is 5.72. The largest absolute Gasteiger partial charge is 0.333 e. The molecule has 0 radical (unpaired) electrons. The quantitative estimate of drug-likeness (QED) is 0.595. The van der Waals surface area contributed by atoms with E-state index in [2.05, 4.69) is 11.9 Å². The molecular formula is C9H17NO3.